The van der Waals surface area contributed by atoms with Crippen molar-refractivity contribution in [2.75, 3.05) is 11.4 Å². The highest BCUT2D eigenvalue weighted by Gasteiger charge is 2.24. The molecule has 0 fully saturated rings. The van der Waals surface area contributed by atoms with Gasteiger partial charge in [0.2, 0.25) is 0 Å². The Morgan fingerprint density at radius 3 is 2.47 bits per heavy atom. The van der Waals surface area contributed by atoms with Crippen LogP contribution in [0.5, 0.6) is 0 Å². The van der Waals surface area contributed by atoms with Crippen LogP contribution in [0, 0.1) is 6.92 Å². The van der Waals surface area contributed by atoms with Gasteiger partial charge in [-0.15, -0.1) is 0 Å². The third-order valence-corrected chi connectivity index (χ3v) is 4.35. The summed E-state index contributed by atoms with van der Waals surface area (Å²) >= 11 is 0. The van der Waals surface area contributed by atoms with Crippen LogP contribution in [0.4, 0.5) is 5.69 Å². The van der Waals surface area contributed by atoms with E-state index in [1.54, 1.807) is 31.5 Å². The first kappa shape index (κ1) is 11.6. The number of nitrogens with zero attached hydrogens (tertiary/aromatic N) is 3. The summed E-state index contributed by atoms with van der Waals surface area (Å²) in [7, 11) is -2.07. The van der Waals surface area contributed by atoms with Crippen molar-refractivity contribution in [1.82, 2.24) is 15.2 Å². The molecule has 1 N–H and O–H groups in total. The fourth-order valence-corrected chi connectivity index (χ4v) is 2.75. The molecule has 0 bridgehead atoms. The molecule has 2 aromatic rings. The van der Waals surface area contributed by atoms with Gasteiger partial charge in [0, 0.05) is 19.4 Å². The SMILES string of the molecule is Cc1[nH]ncc1S(=O)(=O)N(C)c1ccncc1. The Hall–Kier alpha value is -1.89. The summed E-state index contributed by atoms with van der Waals surface area (Å²) < 4.78 is 25.7. The fourth-order valence-electron chi connectivity index (χ4n) is 1.44. The van der Waals surface area contributed by atoms with E-state index in [2.05, 4.69) is 15.2 Å². The van der Waals surface area contributed by atoms with Gasteiger partial charge >= 0.3 is 0 Å². The van der Waals surface area contributed by atoms with E-state index in [0.29, 0.717) is 11.4 Å². The fraction of sp³-hybridized carbons (Fsp3) is 0.200. The maximum atomic E-state index is 12.3. The maximum absolute atomic E-state index is 12.3. The molecule has 2 aromatic heterocycles. The number of nitrogens with one attached hydrogen (secondary N) is 1. The van der Waals surface area contributed by atoms with Crippen LogP contribution in [-0.2, 0) is 10.0 Å². The minimum atomic E-state index is -3.57. The number of aromatic nitrogens is 3. The summed E-state index contributed by atoms with van der Waals surface area (Å²) in [5, 5.41) is 6.33. The third-order valence-electron chi connectivity index (χ3n) is 2.45. The van der Waals surface area contributed by atoms with Crippen LogP contribution in [0.25, 0.3) is 0 Å². The zero-order valence-corrected chi connectivity index (χ0v) is 10.3. The molecule has 0 aliphatic heterocycles. The van der Waals surface area contributed by atoms with Gasteiger partial charge in [0.15, 0.2) is 0 Å². The summed E-state index contributed by atoms with van der Waals surface area (Å²) in [6, 6.07) is 3.26. The summed E-state index contributed by atoms with van der Waals surface area (Å²) in [4.78, 5) is 4.03. The van der Waals surface area contributed by atoms with E-state index in [1.807, 2.05) is 0 Å². The average Bonchev–Trinajstić information content (AvgIpc) is 2.76. The Labute approximate surface area is 99.4 Å². The minimum Gasteiger partial charge on any atom is -0.281 e. The van der Waals surface area contributed by atoms with E-state index in [-0.39, 0.29) is 4.90 Å². The summed E-state index contributed by atoms with van der Waals surface area (Å²) in [5.41, 5.74) is 1.08. The lowest BCUT2D eigenvalue weighted by atomic mass is 10.4. The standard InChI is InChI=1S/C10H12N4O2S/c1-8-10(7-12-13-8)17(15,16)14(2)9-3-5-11-6-4-9/h3-7H,1-2H3,(H,12,13). The number of rotatable bonds is 3. The van der Waals surface area contributed by atoms with Gasteiger partial charge in [-0.2, -0.15) is 5.10 Å². The van der Waals surface area contributed by atoms with Crippen molar-refractivity contribution < 1.29 is 8.42 Å². The predicted octanol–water partition coefficient (Wildman–Crippen LogP) is 0.938. The second-order valence-corrected chi connectivity index (χ2v) is 5.47. The van der Waals surface area contributed by atoms with Gasteiger partial charge in [0.25, 0.3) is 10.0 Å². The molecule has 6 nitrogen and oxygen atoms in total. The van der Waals surface area contributed by atoms with Crippen molar-refractivity contribution in [1.29, 1.82) is 0 Å². The van der Waals surface area contributed by atoms with Gasteiger partial charge in [-0.25, -0.2) is 8.42 Å². The number of aryl methyl sites for hydroxylation is 1. The first-order valence-electron chi connectivity index (χ1n) is 4.92. The molecule has 0 aliphatic rings. The van der Waals surface area contributed by atoms with Gasteiger partial charge in [0.05, 0.1) is 17.6 Å². The molecule has 0 aliphatic carbocycles. The third kappa shape index (κ3) is 2.01. The quantitative estimate of drug-likeness (QED) is 0.881. The van der Waals surface area contributed by atoms with Crippen molar-refractivity contribution in [3.05, 3.63) is 36.4 Å². The van der Waals surface area contributed by atoms with Gasteiger partial charge in [0.1, 0.15) is 4.90 Å². The van der Waals surface area contributed by atoms with E-state index < -0.39 is 10.0 Å². The molecular formula is C10H12N4O2S. The molecule has 0 unspecified atom stereocenters. The van der Waals surface area contributed by atoms with Crippen molar-refractivity contribution in [2.45, 2.75) is 11.8 Å². The molecule has 0 radical (unpaired) electrons. The number of H-pyrrole nitrogens is 1. The van der Waals surface area contributed by atoms with E-state index in [4.69, 9.17) is 0 Å². The Balaban J connectivity index is 2.45. The smallest absolute Gasteiger partial charge is 0.267 e. The van der Waals surface area contributed by atoms with Gasteiger partial charge in [-0.3, -0.25) is 14.4 Å². The zero-order valence-electron chi connectivity index (χ0n) is 9.45. The molecule has 0 aromatic carbocycles. The van der Waals surface area contributed by atoms with Crippen LogP contribution >= 0.6 is 0 Å². The molecule has 2 heterocycles. The lowest BCUT2D eigenvalue weighted by Gasteiger charge is -2.18. The van der Waals surface area contributed by atoms with Crippen molar-refractivity contribution >= 4 is 15.7 Å². The number of pyridine rings is 1. The van der Waals surface area contributed by atoms with Crippen LogP contribution in [0.3, 0.4) is 0 Å². The molecule has 17 heavy (non-hydrogen) atoms. The summed E-state index contributed by atoms with van der Waals surface area (Å²) in [6.07, 6.45) is 4.40. The molecule has 2 rings (SSSR count). The van der Waals surface area contributed by atoms with E-state index >= 15 is 0 Å². The van der Waals surface area contributed by atoms with Crippen LogP contribution in [0.1, 0.15) is 5.69 Å². The Bertz CT molecular complexity index is 606. The first-order valence-corrected chi connectivity index (χ1v) is 6.36. The minimum absolute atomic E-state index is 0.178. The van der Waals surface area contributed by atoms with Crippen molar-refractivity contribution in [3.8, 4) is 0 Å². The topological polar surface area (TPSA) is 79.0 Å². The monoisotopic (exact) mass is 252 g/mol. The second kappa shape index (κ2) is 4.17. The lowest BCUT2D eigenvalue weighted by molar-refractivity contribution is 0.594. The second-order valence-electron chi connectivity index (χ2n) is 3.54. The average molecular weight is 252 g/mol. The van der Waals surface area contributed by atoms with Gasteiger partial charge < -0.3 is 0 Å². The van der Waals surface area contributed by atoms with Crippen LogP contribution in [0.15, 0.2) is 35.6 Å². The first-order chi connectivity index (χ1) is 8.03. The van der Waals surface area contributed by atoms with E-state index in [1.165, 1.54) is 17.5 Å². The summed E-state index contributed by atoms with van der Waals surface area (Å²) in [5.74, 6) is 0. The van der Waals surface area contributed by atoms with Crippen molar-refractivity contribution in [2.24, 2.45) is 0 Å². The maximum Gasteiger partial charge on any atom is 0.267 e. The highest BCUT2D eigenvalue weighted by Crippen LogP contribution is 2.21. The predicted molar refractivity (Wildman–Crippen MR) is 63.2 cm³/mol. The number of anilines is 1. The van der Waals surface area contributed by atoms with Crippen LogP contribution < -0.4 is 4.31 Å². The number of aromatic amines is 1. The highest BCUT2D eigenvalue weighted by atomic mass is 32.2. The number of hydrogen-bond acceptors (Lipinski definition) is 4. The summed E-state index contributed by atoms with van der Waals surface area (Å²) in [6.45, 7) is 1.67. The van der Waals surface area contributed by atoms with Crippen molar-refractivity contribution in [3.63, 3.8) is 0 Å². The Morgan fingerprint density at radius 2 is 1.94 bits per heavy atom. The Kier molecular flexibility index (Phi) is 2.84. The Morgan fingerprint density at radius 1 is 1.29 bits per heavy atom. The zero-order chi connectivity index (χ0) is 12.5. The van der Waals surface area contributed by atoms with Crippen LogP contribution in [-0.4, -0.2) is 30.6 Å². The molecule has 0 saturated heterocycles. The van der Waals surface area contributed by atoms with Crippen LogP contribution in [0.2, 0.25) is 0 Å². The van der Waals surface area contributed by atoms with Gasteiger partial charge in [-0.05, 0) is 19.1 Å². The number of sulfonamides is 1. The van der Waals surface area contributed by atoms with E-state index in [0.717, 1.165) is 0 Å². The largest absolute Gasteiger partial charge is 0.281 e. The molecule has 0 amide bonds. The number of hydrogen-bond donors (Lipinski definition) is 1. The highest BCUT2D eigenvalue weighted by molar-refractivity contribution is 7.92. The molecule has 7 heteroatoms. The molecule has 0 saturated carbocycles. The molecule has 90 valence electrons. The normalized spacial score (nSPS) is 11.4. The van der Waals surface area contributed by atoms with Gasteiger partial charge in [-0.1, -0.05) is 0 Å². The molecule has 0 atom stereocenters. The van der Waals surface area contributed by atoms with E-state index in [9.17, 15) is 8.42 Å². The molecule has 0 spiro atoms. The lowest BCUT2D eigenvalue weighted by Crippen LogP contribution is -2.26. The molecular weight excluding hydrogens is 240 g/mol.